The van der Waals surface area contributed by atoms with E-state index in [2.05, 4.69) is 28.1 Å². The van der Waals surface area contributed by atoms with E-state index in [-0.39, 0.29) is 5.70 Å². The summed E-state index contributed by atoms with van der Waals surface area (Å²) >= 11 is 0. The first kappa shape index (κ1) is 12.2. The third-order valence-corrected chi connectivity index (χ3v) is 2.79. The number of nitrogens with zero attached hydrogens (tertiary/aromatic N) is 4. The van der Waals surface area contributed by atoms with Crippen LogP contribution in [-0.4, -0.2) is 16.2 Å². The lowest BCUT2D eigenvalue weighted by Gasteiger charge is -2.05. The summed E-state index contributed by atoms with van der Waals surface area (Å²) in [6.45, 7) is 9.31. The van der Waals surface area contributed by atoms with Crippen LogP contribution in [0.3, 0.4) is 0 Å². The molecule has 1 fully saturated rings. The standard InChI is InChI=1S/C14H14N4/c1-9(7-16-10(2)6-15)13-8-17-14(12-4-5-12)18-11(13)3/h7-8,12H,1-2,4-5H2,3H3/b16-7+. The Bertz CT molecular complexity index is 574. The number of aromatic nitrogens is 2. The summed E-state index contributed by atoms with van der Waals surface area (Å²) in [5.41, 5.74) is 2.59. The van der Waals surface area contributed by atoms with Gasteiger partial charge in [0, 0.05) is 29.6 Å². The van der Waals surface area contributed by atoms with Crippen molar-refractivity contribution in [1.82, 2.24) is 9.97 Å². The minimum absolute atomic E-state index is 0.157. The van der Waals surface area contributed by atoms with Crippen LogP contribution in [0.1, 0.15) is 35.8 Å². The van der Waals surface area contributed by atoms with Crippen molar-refractivity contribution in [3.8, 4) is 6.07 Å². The molecule has 0 saturated heterocycles. The molecule has 0 amide bonds. The van der Waals surface area contributed by atoms with Crippen LogP contribution in [-0.2, 0) is 0 Å². The SMILES string of the molecule is C=C(C#N)/N=C/C(=C)c1cnc(C2CC2)nc1C. The number of nitriles is 1. The highest BCUT2D eigenvalue weighted by atomic mass is 14.9. The van der Waals surface area contributed by atoms with Gasteiger partial charge in [-0.2, -0.15) is 5.26 Å². The third kappa shape index (κ3) is 2.69. The van der Waals surface area contributed by atoms with Crippen molar-refractivity contribution < 1.29 is 0 Å². The van der Waals surface area contributed by atoms with Gasteiger partial charge in [0.2, 0.25) is 0 Å². The Morgan fingerprint density at radius 1 is 1.56 bits per heavy atom. The quantitative estimate of drug-likeness (QED) is 0.598. The van der Waals surface area contributed by atoms with Gasteiger partial charge in [0.25, 0.3) is 0 Å². The van der Waals surface area contributed by atoms with Crippen LogP contribution in [0.5, 0.6) is 0 Å². The minimum atomic E-state index is 0.157. The molecule has 0 atom stereocenters. The number of aryl methyl sites for hydroxylation is 1. The molecule has 4 heteroatoms. The van der Waals surface area contributed by atoms with Crippen LogP contribution in [0, 0.1) is 18.3 Å². The normalized spacial score (nSPS) is 14.4. The van der Waals surface area contributed by atoms with E-state index in [0.29, 0.717) is 11.5 Å². The van der Waals surface area contributed by atoms with E-state index in [0.717, 1.165) is 17.1 Å². The second kappa shape index (κ2) is 4.92. The van der Waals surface area contributed by atoms with Crippen LogP contribution in [0.15, 0.2) is 30.0 Å². The van der Waals surface area contributed by atoms with Gasteiger partial charge < -0.3 is 0 Å². The van der Waals surface area contributed by atoms with Gasteiger partial charge in [0.15, 0.2) is 0 Å². The van der Waals surface area contributed by atoms with E-state index >= 15 is 0 Å². The molecule has 1 aliphatic rings. The van der Waals surface area contributed by atoms with Gasteiger partial charge >= 0.3 is 0 Å². The minimum Gasteiger partial charge on any atom is -0.246 e. The fraction of sp³-hybridized carbons (Fsp3) is 0.286. The van der Waals surface area contributed by atoms with E-state index in [4.69, 9.17) is 5.26 Å². The lowest BCUT2D eigenvalue weighted by atomic mass is 10.1. The number of rotatable bonds is 4. The van der Waals surface area contributed by atoms with Crippen molar-refractivity contribution in [1.29, 1.82) is 5.26 Å². The molecular weight excluding hydrogens is 224 g/mol. The smallest absolute Gasteiger partial charge is 0.133 e. The molecule has 2 rings (SSSR count). The maximum Gasteiger partial charge on any atom is 0.133 e. The molecule has 0 aliphatic heterocycles. The number of hydrogen-bond donors (Lipinski definition) is 0. The molecule has 0 bridgehead atoms. The predicted molar refractivity (Wildman–Crippen MR) is 71.0 cm³/mol. The first-order valence-electron chi connectivity index (χ1n) is 5.77. The monoisotopic (exact) mass is 238 g/mol. The Hall–Kier alpha value is -2.28. The molecule has 90 valence electrons. The van der Waals surface area contributed by atoms with Gasteiger partial charge in [-0.3, -0.25) is 0 Å². The molecule has 4 nitrogen and oxygen atoms in total. The van der Waals surface area contributed by atoms with E-state index in [1.54, 1.807) is 6.20 Å². The first-order valence-corrected chi connectivity index (χ1v) is 5.77. The zero-order valence-electron chi connectivity index (χ0n) is 10.3. The molecule has 18 heavy (non-hydrogen) atoms. The molecule has 0 aromatic carbocycles. The van der Waals surface area contributed by atoms with Crippen LogP contribution < -0.4 is 0 Å². The summed E-state index contributed by atoms with van der Waals surface area (Å²) in [6.07, 6.45) is 5.67. The molecule has 0 radical (unpaired) electrons. The highest BCUT2D eigenvalue weighted by Gasteiger charge is 2.26. The molecule has 0 spiro atoms. The third-order valence-electron chi connectivity index (χ3n) is 2.79. The lowest BCUT2D eigenvalue weighted by molar-refractivity contribution is 0.902. The van der Waals surface area contributed by atoms with Gasteiger partial charge in [0.1, 0.15) is 17.6 Å². The molecule has 1 aromatic heterocycles. The van der Waals surface area contributed by atoms with Crippen molar-refractivity contribution >= 4 is 11.8 Å². The van der Waals surface area contributed by atoms with Crippen LogP contribution >= 0.6 is 0 Å². The summed E-state index contributed by atoms with van der Waals surface area (Å²) < 4.78 is 0. The van der Waals surface area contributed by atoms with Crippen molar-refractivity contribution in [3.05, 3.63) is 42.1 Å². The van der Waals surface area contributed by atoms with Gasteiger partial charge in [-0.05, 0) is 25.3 Å². The molecular formula is C14H14N4. The second-order valence-corrected chi connectivity index (χ2v) is 4.34. The Balaban J connectivity index is 2.18. The Labute approximate surface area is 106 Å². The number of allylic oxidation sites excluding steroid dienone is 2. The topological polar surface area (TPSA) is 61.9 Å². The molecule has 0 N–H and O–H groups in total. The summed E-state index contributed by atoms with van der Waals surface area (Å²) in [6, 6.07) is 1.85. The van der Waals surface area contributed by atoms with E-state index in [9.17, 15) is 0 Å². The molecule has 0 unspecified atom stereocenters. The van der Waals surface area contributed by atoms with Crippen LogP contribution in [0.25, 0.3) is 5.57 Å². The average molecular weight is 238 g/mol. The highest BCUT2D eigenvalue weighted by molar-refractivity contribution is 6.09. The van der Waals surface area contributed by atoms with E-state index in [1.165, 1.54) is 19.1 Å². The maximum atomic E-state index is 8.56. The Morgan fingerprint density at radius 2 is 2.28 bits per heavy atom. The lowest BCUT2D eigenvalue weighted by Crippen LogP contribution is -1.99. The van der Waals surface area contributed by atoms with Crippen molar-refractivity contribution in [3.63, 3.8) is 0 Å². The maximum absolute atomic E-state index is 8.56. The molecule has 1 aromatic rings. The van der Waals surface area contributed by atoms with E-state index in [1.807, 2.05) is 13.0 Å². The van der Waals surface area contributed by atoms with E-state index < -0.39 is 0 Å². The summed E-state index contributed by atoms with van der Waals surface area (Å²) in [7, 11) is 0. The van der Waals surface area contributed by atoms with Crippen molar-refractivity contribution in [2.45, 2.75) is 25.7 Å². The van der Waals surface area contributed by atoms with Gasteiger partial charge in [0.05, 0.1) is 0 Å². The summed E-state index contributed by atoms with van der Waals surface area (Å²) in [5.74, 6) is 1.46. The van der Waals surface area contributed by atoms with Crippen molar-refractivity contribution in [2.24, 2.45) is 4.99 Å². The average Bonchev–Trinajstić information content (AvgIpc) is 3.19. The fourth-order valence-electron chi connectivity index (χ4n) is 1.59. The second-order valence-electron chi connectivity index (χ2n) is 4.34. The van der Waals surface area contributed by atoms with Crippen molar-refractivity contribution in [2.75, 3.05) is 0 Å². The predicted octanol–water partition coefficient (Wildman–Crippen LogP) is 2.78. The van der Waals surface area contributed by atoms with Crippen LogP contribution in [0.4, 0.5) is 0 Å². The Kier molecular flexibility index (Phi) is 3.33. The zero-order valence-corrected chi connectivity index (χ0v) is 10.3. The molecule has 1 aliphatic carbocycles. The molecule has 1 saturated carbocycles. The zero-order chi connectivity index (χ0) is 13.1. The first-order chi connectivity index (χ1) is 8.61. The highest BCUT2D eigenvalue weighted by Crippen LogP contribution is 2.38. The van der Waals surface area contributed by atoms with Gasteiger partial charge in [-0.1, -0.05) is 13.2 Å². The number of aliphatic imine (C=N–C) groups is 1. The summed E-state index contributed by atoms with van der Waals surface area (Å²) in [4.78, 5) is 12.7. The summed E-state index contributed by atoms with van der Waals surface area (Å²) in [5, 5.41) is 8.56. The van der Waals surface area contributed by atoms with Crippen LogP contribution in [0.2, 0.25) is 0 Å². The fourth-order valence-corrected chi connectivity index (χ4v) is 1.59. The Morgan fingerprint density at radius 3 is 2.83 bits per heavy atom. The van der Waals surface area contributed by atoms with Gasteiger partial charge in [-0.25, -0.2) is 15.0 Å². The number of hydrogen-bond acceptors (Lipinski definition) is 4. The largest absolute Gasteiger partial charge is 0.246 e. The molecule has 1 heterocycles. The van der Waals surface area contributed by atoms with Gasteiger partial charge in [-0.15, -0.1) is 0 Å².